The number of aromatic nitrogens is 1. The number of aliphatic hydroxyl groups excluding tert-OH is 1. The highest BCUT2D eigenvalue weighted by Gasteiger charge is 2.03. The molecule has 0 unspecified atom stereocenters. The average molecular weight is 239 g/mol. The number of aliphatic hydroxyl groups is 1. The van der Waals surface area contributed by atoms with Crippen LogP contribution in [0.3, 0.4) is 0 Å². The number of ether oxygens (including phenoxy) is 2. The van der Waals surface area contributed by atoms with Crippen LogP contribution in [-0.2, 0) is 17.8 Å². The van der Waals surface area contributed by atoms with Crippen molar-refractivity contribution in [3.63, 3.8) is 0 Å². The van der Waals surface area contributed by atoms with E-state index < -0.39 is 0 Å². The molecule has 1 heterocycles. The fourth-order valence-electron chi connectivity index (χ4n) is 1.52. The van der Waals surface area contributed by atoms with E-state index in [1.165, 1.54) is 0 Å². The Morgan fingerprint density at radius 3 is 2.71 bits per heavy atom. The minimum atomic E-state index is 0.0149. The van der Waals surface area contributed by atoms with Gasteiger partial charge in [-0.3, -0.25) is 0 Å². The van der Waals surface area contributed by atoms with Crippen molar-refractivity contribution < 1.29 is 14.6 Å². The molecule has 1 aromatic heterocycles. The molecule has 0 spiro atoms. The van der Waals surface area contributed by atoms with E-state index in [-0.39, 0.29) is 6.61 Å². The zero-order valence-electron chi connectivity index (χ0n) is 10.6. The molecule has 4 heteroatoms. The first-order valence-electron chi connectivity index (χ1n) is 6.11. The van der Waals surface area contributed by atoms with Crippen molar-refractivity contribution in [3.05, 3.63) is 23.4 Å². The van der Waals surface area contributed by atoms with Crippen LogP contribution in [-0.4, -0.2) is 29.9 Å². The van der Waals surface area contributed by atoms with Crippen LogP contribution in [0.1, 0.15) is 31.5 Å². The minimum absolute atomic E-state index is 0.0149. The van der Waals surface area contributed by atoms with Gasteiger partial charge in [0.05, 0.1) is 13.2 Å². The second-order valence-corrected chi connectivity index (χ2v) is 3.76. The predicted octanol–water partition coefficient (Wildman–Crippen LogP) is 1.94. The largest absolute Gasteiger partial charge is 0.475 e. The highest BCUT2D eigenvalue weighted by molar-refractivity contribution is 5.24. The van der Waals surface area contributed by atoms with Gasteiger partial charge in [0.2, 0.25) is 5.88 Å². The van der Waals surface area contributed by atoms with Gasteiger partial charge in [-0.05, 0) is 25.0 Å². The van der Waals surface area contributed by atoms with Crippen LogP contribution < -0.4 is 4.74 Å². The topological polar surface area (TPSA) is 51.6 Å². The van der Waals surface area contributed by atoms with E-state index in [1.807, 2.05) is 13.0 Å². The first-order valence-corrected chi connectivity index (χ1v) is 6.11. The highest BCUT2D eigenvalue weighted by atomic mass is 16.5. The van der Waals surface area contributed by atoms with E-state index in [1.54, 1.807) is 6.07 Å². The Balaban J connectivity index is 2.59. The quantitative estimate of drug-likeness (QED) is 0.704. The molecule has 1 aromatic rings. The van der Waals surface area contributed by atoms with Crippen molar-refractivity contribution in [1.82, 2.24) is 4.98 Å². The lowest BCUT2D eigenvalue weighted by Crippen LogP contribution is -2.08. The SMILES string of the molecule is CCCc1cc(CO)cc(OCCOCC)n1. The van der Waals surface area contributed by atoms with E-state index in [9.17, 15) is 0 Å². The van der Waals surface area contributed by atoms with Crippen molar-refractivity contribution in [2.75, 3.05) is 19.8 Å². The van der Waals surface area contributed by atoms with Gasteiger partial charge in [-0.15, -0.1) is 0 Å². The van der Waals surface area contributed by atoms with Gasteiger partial charge in [0, 0.05) is 18.4 Å². The van der Waals surface area contributed by atoms with E-state index in [0.717, 1.165) is 24.1 Å². The summed E-state index contributed by atoms with van der Waals surface area (Å²) in [6, 6.07) is 3.68. The van der Waals surface area contributed by atoms with Crippen molar-refractivity contribution in [2.24, 2.45) is 0 Å². The van der Waals surface area contributed by atoms with Crippen molar-refractivity contribution in [1.29, 1.82) is 0 Å². The standard InChI is InChI=1S/C13H21NO3/c1-3-5-12-8-11(10-15)9-13(14-12)17-7-6-16-4-2/h8-9,15H,3-7,10H2,1-2H3. The average Bonchev–Trinajstić information content (AvgIpc) is 2.35. The number of hydrogen-bond donors (Lipinski definition) is 1. The van der Waals surface area contributed by atoms with Gasteiger partial charge < -0.3 is 14.6 Å². The second kappa shape index (κ2) is 8.03. The van der Waals surface area contributed by atoms with Crippen LogP contribution in [0.4, 0.5) is 0 Å². The first-order chi connectivity index (χ1) is 8.30. The molecule has 0 aliphatic heterocycles. The third-order valence-electron chi connectivity index (χ3n) is 2.29. The number of pyridine rings is 1. The molecule has 1 N–H and O–H groups in total. The zero-order valence-corrected chi connectivity index (χ0v) is 10.6. The summed E-state index contributed by atoms with van der Waals surface area (Å²) >= 11 is 0. The summed E-state index contributed by atoms with van der Waals surface area (Å²) in [4.78, 5) is 4.38. The van der Waals surface area contributed by atoms with Crippen LogP contribution in [0.2, 0.25) is 0 Å². The monoisotopic (exact) mass is 239 g/mol. The van der Waals surface area contributed by atoms with Crippen LogP contribution in [0.15, 0.2) is 12.1 Å². The summed E-state index contributed by atoms with van der Waals surface area (Å²) in [5, 5.41) is 9.16. The first kappa shape index (κ1) is 13.9. The van der Waals surface area contributed by atoms with Crippen LogP contribution in [0.5, 0.6) is 5.88 Å². The Labute approximate surface area is 103 Å². The summed E-state index contributed by atoms with van der Waals surface area (Å²) in [5.74, 6) is 0.569. The maximum atomic E-state index is 9.16. The van der Waals surface area contributed by atoms with Gasteiger partial charge in [-0.1, -0.05) is 13.3 Å². The minimum Gasteiger partial charge on any atom is -0.475 e. The predicted molar refractivity (Wildman–Crippen MR) is 66.1 cm³/mol. The summed E-state index contributed by atoms with van der Waals surface area (Å²) < 4.78 is 10.7. The van der Waals surface area contributed by atoms with E-state index in [0.29, 0.717) is 25.7 Å². The molecule has 0 aromatic carbocycles. The molecule has 17 heavy (non-hydrogen) atoms. The third kappa shape index (κ3) is 5.15. The molecule has 0 aliphatic rings. The third-order valence-corrected chi connectivity index (χ3v) is 2.29. The lowest BCUT2D eigenvalue weighted by molar-refractivity contribution is 0.108. The smallest absolute Gasteiger partial charge is 0.213 e. The maximum absolute atomic E-state index is 9.16. The van der Waals surface area contributed by atoms with Crippen molar-refractivity contribution in [2.45, 2.75) is 33.3 Å². The molecular formula is C13H21NO3. The Morgan fingerprint density at radius 2 is 2.06 bits per heavy atom. The van der Waals surface area contributed by atoms with E-state index in [4.69, 9.17) is 14.6 Å². The highest BCUT2D eigenvalue weighted by Crippen LogP contribution is 2.14. The molecule has 0 atom stereocenters. The molecule has 1 rings (SSSR count). The molecule has 0 saturated carbocycles. The van der Waals surface area contributed by atoms with E-state index in [2.05, 4.69) is 11.9 Å². The number of aryl methyl sites for hydroxylation is 1. The summed E-state index contributed by atoms with van der Waals surface area (Å²) in [5.41, 5.74) is 1.81. The fraction of sp³-hybridized carbons (Fsp3) is 0.615. The van der Waals surface area contributed by atoms with Gasteiger partial charge in [0.25, 0.3) is 0 Å². The van der Waals surface area contributed by atoms with Gasteiger partial charge in [0.1, 0.15) is 6.61 Å². The summed E-state index contributed by atoms with van der Waals surface area (Å²) in [6.07, 6.45) is 1.93. The molecular weight excluding hydrogens is 218 g/mol. The zero-order chi connectivity index (χ0) is 12.5. The van der Waals surface area contributed by atoms with Gasteiger partial charge in [0.15, 0.2) is 0 Å². The molecule has 0 radical (unpaired) electrons. The van der Waals surface area contributed by atoms with Gasteiger partial charge >= 0.3 is 0 Å². The Kier molecular flexibility index (Phi) is 6.58. The fourth-order valence-corrected chi connectivity index (χ4v) is 1.52. The van der Waals surface area contributed by atoms with Crippen molar-refractivity contribution >= 4 is 0 Å². The maximum Gasteiger partial charge on any atom is 0.213 e. The number of rotatable bonds is 8. The Bertz CT molecular complexity index is 328. The van der Waals surface area contributed by atoms with Gasteiger partial charge in [-0.25, -0.2) is 4.98 Å². The summed E-state index contributed by atoms with van der Waals surface area (Å²) in [7, 11) is 0. The van der Waals surface area contributed by atoms with Crippen LogP contribution >= 0.6 is 0 Å². The van der Waals surface area contributed by atoms with Crippen LogP contribution in [0, 0.1) is 0 Å². The Hall–Kier alpha value is -1.13. The number of hydrogen-bond acceptors (Lipinski definition) is 4. The molecule has 0 amide bonds. The number of nitrogens with zero attached hydrogens (tertiary/aromatic N) is 1. The summed E-state index contributed by atoms with van der Waals surface area (Å²) in [6.45, 7) is 5.80. The van der Waals surface area contributed by atoms with E-state index >= 15 is 0 Å². The normalized spacial score (nSPS) is 10.5. The van der Waals surface area contributed by atoms with Crippen molar-refractivity contribution in [3.8, 4) is 5.88 Å². The molecule has 0 aliphatic carbocycles. The molecule has 96 valence electrons. The molecule has 0 saturated heterocycles. The second-order valence-electron chi connectivity index (χ2n) is 3.76. The molecule has 4 nitrogen and oxygen atoms in total. The lowest BCUT2D eigenvalue weighted by atomic mass is 10.2. The van der Waals surface area contributed by atoms with Gasteiger partial charge in [-0.2, -0.15) is 0 Å². The Morgan fingerprint density at radius 1 is 1.24 bits per heavy atom. The lowest BCUT2D eigenvalue weighted by Gasteiger charge is -2.09. The van der Waals surface area contributed by atoms with Crippen LogP contribution in [0.25, 0.3) is 0 Å². The molecule has 0 bridgehead atoms. The molecule has 0 fully saturated rings.